The first-order valence-electron chi connectivity index (χ1n) is 14.4. The third kappa shape index (κ3) is 4.40. The minimum Gasteiger partial charge on any atom is -0.371 e. The van der Waals surface area contributed by atoms with Gasteiger partial charge in [-0.15, -0.1) is 0 Å². The van der Waals surface area contributed by atoms with Crippen molar-refractivity contribution in [2.24, 2.45) is 17.1 Å². The van der Waals surface area contributed by atoms with Crippen LogP contribution >= 0.6 is 0 Å². The smallest absolute Gasteiger partial charge is 0.267 e. The number of aryl methyl sites for hydroxylation is 2. The topological polar surface area (TPSA) is 85.2 Å². The number of hydrogen-bond acceptors (Lipinski definition) is 5. The SMILES string of the molecule is Cc1ccccc1-c1noc(C2CC2)c1CC1CC2(CCN(c3ccc4nc(C(N)=O)cc(C)c4c3)CC2)C1. The number of piperidine rings is 1. The number of primary amides is 1. The molecule has 1 spiro atoms. The van der Waals surface area contributed by atoms with Gasteiger partial charge in [0.15, 0.2) is 0 Å². The van der Waals surface area contributed by atoms with Gasteiger partial charge in [0, 0.05) is 41.2 Å². The second kappa shape index (κ2) is 9.22. The van der Waals surface area contributed by atoms with Gasteiger partial charge in [-0.05, 0) is 106 Å². The first kappa shape index (κ1) is 24.4. The Morgan fingerprint density at radius 3 is 2.54 bits per heavy atom. The molecule has 0 radical (unpaired) electrons. The zero-order valence-corrected chi connectivity index (χ0v) is 22.9. The van der Waals surface area contributed by atoms with Crippen LogP contribution < -0.4 is 10.6 Å². The summed E-state index contributed by atoms with van der Waals surface area (Å²) in [6.45, 7) is 6.36. The third-order valence-corrected chi connectivity index (χ3v) is 9.54. The van der Waals surface area contributed by atoms with Gasteiger partial charge in [0.05, 0.1) is 5.52 Å². The van der Waals surface area contributed by atoms with Crippen molar-refractivity contribution in [3.63, 3.8) is 0 Å². The molecule has 2 aromatic carbocycles. The minimum absolute atomic E-state index is 0.327. The Hall–Kier alpha value is -3.67. The lowest BCUT2D eigenvalue weighted by Crippen LogP contribution is -2.47. The van der Waals surface area contributed by atoms with Crippen LogP contribution in [-0.4, -0.2) is 29.1 Å². The quantitative estimate of drug-likeness (QED) is 0.305. The Bertz CT molecular complexity index is 1570. The molecule has 6 heteroatoms. The number of anilines is 1. The van der Waals surface area contributed by atoms with Crippen molar-refractivity contribution in [2.75, 3.05) is 18.0 Å². The number of nitrogens with zero attached hydrogens (tertiary/aromatic N) is 3. The summed E-state index contributed by atoms with van der Waals surface area (Å²) in [6.07, 6.45) is 8.65. The van der Waals surface area contributed by atoms with Crippen LogP contribution in [0, 0.1) is 25.2 Å². The summed E-state index contributed by atoms with van der Waals surface area (Å²) in [5.41, 5.74) is 14.3. The van der Waals surface area contributed by atoms with Crippen molar-refractivity contribution in [3.8, 4) is 11.3 Å². The maximum atomic E-state index is 11.6. The molecule has 2 saturated carbocycles. The Kier molecular flexibility index (Phi) is 5.76. The molecule has 0 atom stereocenters. The molecule has 1 aliphatic heterocycles. The Morgan fingerprint density at radius 1 is 1.05 bits per heavy atom. The second-order valence-corrected chi connectivity index (χ2v) is 12.3. The summed E-state index contributed by atoms with van der Waals surface area (Å²) in [5.74, 6) is 1.97. The fourth-order valence-corrected chi connectivity index (χ4v) is 7.19. The molecule has 3 aliphatic rings. The number of rotatable bonds is 6. The number of aromatic nitrogens is 2. The minimum atomic E-state index is -0.483. The van der Waals surface area contributed by atoms with Crippen molar-refractivity contribution in [2.45, 2.75) is 64.7 Å². The lowest BCUT2D eigenvalue weighted by atomic mass is 9.56. The maximum absolute atomic E-state index is 11.6. The molecule has 2 N–H and O–H groups in total. The molecule has 0 unspecified atom stereocenters. The zero-order valence-electron chi connectivity index (χ0n) is 22.9. The number of pyridine rings is 1. The van der Waals surface area contributed by atoms with Crippen LogP contribution in [0.2, 0.25) is 0 Å². The van der Waals surface area contributed by atoms with Crippen LogP contribution in [0.3, 0.4) is 0 Å². The lowest BCUT2D eigenvalue weighted by Gasteiger charge is -2.53. The highest BCUT2D eigenvalue weighted by molar-refractivity contribution is 5.95. The number of benzene rings is 2. The van der Waals surface area contributed by atoms with Gasteiger partial charge in [-0.1, -0.05) is 29.4 Å². The zero-order chi connectivity index (χ0) is 26.7. The molecule has 3 heterocycles. The molecular formula is C33H36N4O2. The van der Waals surface area contributed by atoms with Crippen molar-refractivity contribution in [1.29, 1.82) is 0 Å². The average Bonchev–Trinajstić information content (AvgIpc) is 3.68. The van der Waals surface area contributed by atoms with Crippen LogP contribution in [0.4, 0.5) is 5.69 Å². The van der Waals surface area contributed by atoms with E-state index in [4.69, 9.17) is 10.3 Å². The van der Waals surface area contributed by atoms with E-state index in [-0.39, 0.29) is 0 Å². The van der Waals surface area contributed by atoms with E-state index in [2.05, 4.69) is 58.4 Å². The number of fused-ring (bicyclic) bond motifs is 1. The Balaban J connectivity index is 1.03. The molecule has 200 valence electrons. The predicted octanol–water partition coefficient (Wildman–Crippen LogP) is 6.72. The maximum Gasteiger partial charge on any atom is 0.267 e. The Morgan fingerprint density at radius 2 is 1.82 bits per heavy atom. The molecule has 39 heavy (non-hydrogen) atoms. The predicted molar refractivity (Wildman–Crippen MR) is 154 cm³/mol. The number of hydrogen-bond donors (Lipinski definition) is 1. The number of amides is 1. The summed E-state index contributed by atoms with van der Waals surface area (Å²) in [7, 11) is 0. The van der Waals surface area contributed by atoms with Gasteiger partial charge in [0.25, 0.3) is 5.91 Å². The lowest BCUT2D eigenvalue weighted by molar-refractivity contribution is 0.0282. The van der Waals surface area contributed by atoms with E-state index in [1.807, 2.05) is 13.0 Å². The van der Waals surface area contributed by atoms with E-state index in [1.54, 1.807) is 6.07 Å². The summed E-state index contributed by atoms with van der Waals surface area (Å²) >= 11 is 0. The third-order valence-electron chi connectivity index (χ3n) is 9.54. The first-order valence-corrected chi connectivity index (χ1v) is 14.4. The van der Waals surface area contributed by atoms with Crippen LogP contribution in [0.5, 0.6) is 0 Å². The number of carbonyl (C=O) groups excluding carboxylic acids is 1. The first-order chi connectivity index (χ1) is 18.9. The van der Waals surface area contributed by atoms with E-state index in [1.165, 1.54) is 60.9 Å². The van der Waals surface area contributed by atoms with E-state index < -0.39 is 5.91 Å². The van der Waals surface area contributed by atoms with E-state index in [0.29, 0.717) is 22.9 Å². The van der Waals surface area contributed by atoms with Crippen molar-refractivity contribution < 1.29 is 9.32 Å². The van der Waals surface area contributed by atoms with Crippen LogP contribution in [0.1, 0.15) is 77.4 Å². The molecule has 4 aromatic rings. The highest BCUT2D eigenvalue weighted by Gasteiger charge is 2.46. The summed E-state index contributed by atoms with van der Waals surface area (Å²) in [5, 5.41) is 5.69. The highest BCUT2D eigenvalue weighted by Crippen LogP contribution is 2.55. The molecule has 3 fully saturated rings. The van der Waals surface area contributed by atoms with Crippen LogP contribution in [0.25, 0.3) is 22.2 Å². The summed E-state index contributed by atoms with van der Waals surface area (Å²) < 4.78 is 5.97. The average molecular weight is 521 g/mol. The molecule has 2 aromatic heterocycles. The summed E-state index contributed by atoms with van der Waals surface area (Å²) in [6, 6.07) is 16.7. The standard InChI is InChI=1S/C33H36N4O2/c1-20-5-3-4-6-25(20)30-27(31(39-36-30)23-7-8-23)16-22-18-33(19-22)11-13-37(14-12-33)24-9-10-28-26(17-24)21(2)15-29(35-28)32(34)38/h3-6,9-10,15,17,22-23H,7-8,11-14,16,18-19H2,1-2H3,(H2,34,38). The van der Waals surface area contributed by atoms with Gasteiger partial charge in [-0.3, -0.25) is 4.79 Å². The monoisotopic (exact) mass is 520 g/mol. The van der Waals surface area contributed by atoms with Crippen LogP contribution in [-0.2, 0) is 6.42 Å². The van der Waals surface area contributed by atoms with Gasteiger partial charge in [0.1, 0.15) is 17.1 Å². The van der Waals surface area contributed by atoms with E-state index >= 15 is 0 Å². The second-order valence-electron chi connectivity index (χ2n) is 12.3. The molecule has 2 aliphatic carbocycles. The largest absolute Gasteiger partial charge is 0.371 e. The molecule has 0 bridgehead atoms. The van der Waals surface area contributed by atoms with Gasteiger partial charge in [-0.25, -0.2) is 4.98 Å². The fraction of sp³-hybridized carbons (Fsp3) is 0.424. The fourth-order valence-electron chi connectivity index (χ4n) is 7.19. The van der Waals surface area contributed by atoms with Crippen molar-refractivity contribution in [1.82, 2.24) is 10.1 Å². The van der Waals surface area contributed by atoms with Gasteiger partial charge >= 0.3 is 0 Å². The number of nitrogens with two attached hydrogens (primary N) is 1. The van der Waals surface area contributed by atoms with Crippen LogP contribution in [0.15, 0.2) is 53.1 Å². The molecule has 6 nitrogen and oxygen atoms in total. The molecule has 1 saturated heterocycles. The summed E-state index contributed by atoms with van der Waals surface area (Å²) in [4.78, 5) is 18.6. The Labute approximate surface area is 229 Å². The normalized spacial score (nSPS) is 19.0. The molecule has 1 amide bonds. The van der Waals surface area contributed by atoms with Crippen molar-refractivity contribution >= 4 is 22.5 Å². The molecular weight excluding hydrogens is 484 g/mol. The molecule has 7 rings (SSSR count). The van der Waals surface area contributed by atoms with E-state index in [0.717, 1.165) is 47.4 Å². The number of carbonyl (C=O) groups is 1. The van der Waals surface area contributed by atoms with Gasteiger partial charge in [-0.2, -0.15) is 0 Å². The van der Waals surface area contributed by atoms with Gasteiger partial charge in [0.2, 0.25) is 0 Å². The van der Waals surface area contributed by atoms with Crippen molar-refractivity contribution in [3.05, 3.63) is 76.7 Å². The van der Waals surface area contributed by atoms with E-state index in [9.17, 15) is 4.79 Å². The highest BCUT2D eigenvalue weighted by atomic mass is 16.5. The van der Waals surface area contributed by atoms with Gasteiger partial charge < -0.3 is 15.2 Å².